The third-order valence-corrected chi connectivity index (χ3v) is 7.24. The Morgan fingerprint density at radius 3 is 2.78 bits per heavy atom. The molecule has 188 valence electrons. The number of nitrogens with two attached hydrogens (primary N) is 2. The monoisotopic (exact) mass is 512 g/mol. The van der Waals surface area contributed by atoms with Crippen LogP contribution in [-0.4, -0.2) is 33.4 Å². The van der Waals surface area contributed by atoms with E-state index >= 15 is 0 Å². The standard InChI is InChI=1S/C29H29ClN6O/c1-29(11-9-19-15-25-22(16-24(19)31)28(32)35-18-34-25)10-5-13-36(2)27(29)20-7-8-26(23(30)14-20)37-17-21-6-3-4-12-33-21/h3-4,6-8,12,14-16,18,27H,5,10,13,17,31H2,1-2H3,(H2,32,34,35). The number of piperidine rings is 1. The molecule has 7 nitrogen and oxygen atoms in total. The van der Waals surface area contributed by atoms with E-state index in [0.717, 1.165) is 47.1 Å². The zero-order chi connectivity index (χ0) is 26.0. The van der Waals surface area contributed by atoms with E-state index in [1.807, 2.05) is 36.4 Å². The fraction of sp³-hybridized carbons (Fsp3) is 0.276. The molecule has 1 fully saturated rings. The molecular formula is C29H29ClN6O. The van der Waals surface area contributed by atoms with Gasteiger partial charge in [-0.3, -0.25) is 9.88 Å². The number of hydrogen-bond acceptors (Lipinski definition) is 7. The molecule has 2 aromatic heterocycles. The van der Waals surface area contributed by atoms with Crippen molar-refractivity contribution in [2.24, 2.45) is 5.41 Å². The largest absolute Gasteiger partial charge is 0.486 e. The summed E-state index contributed by atoms with van der Waals surface area (Å²) in [4.78, 5) is 15.0. The van der Waals surface area contributed by atoms with Crippen molar-refractivity contribution in [1.82, 2.24) is 19.9 Å². The molecule has 0 radical (unpaired) electrons. The van der Waals surface area contributed by atoms with Gasteiger partial charge in [0.2, 0.25) is 0 Å². The van der Waals surface area contributed by atoms with Crippen LogP contribution in [0, 0.1) is 17.3 Å². The summed E-state index contributed by atoms with van der Waals surface area (Å²) >= 11 is 6.68. The van der Waals surface area contributed by atoms with Gasteiger partial charge in [-0.2, -0.15) is 0 Å². The second-order valence-corrected chi connectivity index (χ2v) is 10.1. The molecule has 4 aromatic rings. The number of pyridine rings is 1. The summed E-state index contributed by atoms with van der Waals surface area (Å²) in [5.41, 5.74) is 16.0. The van der Waals surface area contributed by atoms with E-state index in [-0.39, 0.29) is 11.5 Å². The van der Waals surface area contributed by atoms with Gasteiger partial charge in [-0.1, -0.05) is 35.6 Å². The van der Waals surface area contributed by atoms with Gasteiger partial charge in [0, 0.05) is 28.2 Å². The van der Waals surface area contributed by atoms with Crippen LogP contribution in [-0.2, 0) is 6.61 Å². The number of nitrogens with zero attached hydrogens (tertiary/aromatic N) is 4. The number of ether oxygens (including phenoxy) is 1. The van der Waals surface area contributed by atoms with Crippen molar-refractivity contribution in [3.05, 3.63) is 82.9 Å². The van der Waals surface area contributed by atoms with Gasteiger partial charge in [-0.05, 0) is 75.3 Å². The van der Waals surface area contributed by atoms with Crippen molar-refractivity contribution in [3.63, 3.8) is 0 Å². The quantitative estimate of drug-likeness (QED) is 0.284. The van der Waals surface area contributed by atoms with Gasteiger partial charge >= 0.3 is 0 Å². The summed E-state index contributed by atoms with van der Waals surface area (Å²) < 4.78 is 5.94. The lowest BCUT2D eigenvalue weighted by atomic mass is 9.72. The van der Waals surface area contributed by atoms with Crippen molar-refractivity contribution in [3.8, 4) is 17.6 Å². The first-order valence-corrected chi connectivity index (χ1v) is 12.6. The first-order valence-electron chi connectivity index (χ1n) is 12.2. The number of hydrogen-bond donors (Lipinski definition) is 2. The third-order valence-electron chi connectivity index (χ3n) is 6.94. The first kappa shape index (κ1) is 24.8. The maximum Gasteiger partial charge on any atom is 0.138 e. The van der Waals surface area contributed by atoms with E-state index < -0.39 is 0 Å². The van der Waals surface area contributed by atoms with Gasteiger partial charge in [0.25, 0.3) is 0 Å². The molecule has 0 amide bonds. The molecule has 3 heterocycles. The predicted molar refractivity (Wildman–Crippen MR) is 148 cm³/mol. The molecular weight excluding hydrogens is 484 g/mol. The Bertz CT molecular complexity index is 1500. The molecule has 37 heavy (non-hydrogen) atoms. The molecule has 8 heteroatoms. The smallest absolute Gasteiger partial charge is 0.138 e. The predicted octanol–water partition coefficient (Wildman–Crippen LogP) is 5.25. The van der Waals surface area contributed by atoms with Gasteiger partial charge in [0.15, 0.2) is 0 Å². The molecule has 1 aliphatic rings. The van der Waals surface area contributed by atoms with Crippen molar-refractivity contribution >= 4 is 34.0 Å². The summed E-state index contributed by atoms with van der Waals surface area (Å²) in [6.45, 7) is 3.54. The van der Waals surface area contributed by atoms with Crippen molar-refractivity contribution < 1.29 is 4.74 Å². The molecule has 1 aliphatic heterocycles. The van der Waals surface area contributed by atoms with E-state index in [0.29, 0.717) is 28.9 Å². The average molecular weight is 513 g/mol. The van der Waals surface area contributed by atoms with E-state index in [1.165, 1.54) is 6.33 Å². The average Bonchev–Trinajstić information content (AvgIpc) is 2.88. The summed E-state index contributed by atoms with van der Waals surface area (Å²) in [7, 11) is 2.13. The minimum atomic E-state index is -0.321. The zero-order valence-electron chi connectivity index (χ0n) is 20.9. The molecule has 2 atom stereocenters. The van der Waals surface area contributed by atoms with E-state index in [1.54, 1.807) is 12.3 Å². The van der Waals surface area contributed by atoms with Crippen LogP contribution >= 0.6 is 11.6 Å². The lowest BCUT2D eigenvalue weighted by Crippen LogP contribution is -2.42. The Kier molecular flexibility index (Phi) is 6.88. The molecule has 4 N–H and O–H groups in total. The number of benzene rings is 2. The number of anilines is 2. The summed E-state index contributed by atoms with van der Waals surface area (Å²) in [6.07, 6.45) is 5.20. The maximum atomic E-state index is 6.68. The molecule has 0 spiro atoms. The fourth-order valence-electron chi connectivity index (χ4n) is 5.10. The third kappa shape index (κ3) is 5.17. The SMILES string of the molecule is CN1CCCC(C)(C#Cc2cc3ncnc(N)c3cc2N)C1c1ccc(OCc2ccccn2)c(Cl)c1. The van der Waals surface area contributed by atoms with Crippen LogP contribution in [0.3, 0.4) is 0 Å². The highest BCUT2D eigenvalue weighted by atomic mass is 35.5. The van der Waals surface area contributed by atoms with Gasteiger partial charge in [0.1, 0.15) is 24.5 Å². The fourth-order valence-corrected chi connectivity index (χ4v) is 5.34. The Balaban J connectivity index is 1.44. The van der Waals surface area contributed by atoms with Crippen molar-refractivity contribution in [1.29, 1.82) is 0 Å². The summed E-state index contributed by atoms with van der Waals surface area (Å²) in [5, 5.41) is 1.30. The molecule has 0 bridgehead atoms. The topological polar surface area (TPSA) is 103 Å². The highest BCUT2D eigenvalue weighted by Crippen LogP contribution is 2.46. The van der Waals surface area contributed by atoms with Crippen LogP contribution in [0.1, 0.15) is 42.6 Å². The van der Waals surface area contributed by atoms with Gasteiger partial charge in [-0.25, -0.2) is 9.97 Å². The number of halogens is 1. The number of nitrogen functional groups attached to an aromatic ring is 2. The van der Waals surface area contributed by atoms with Crippen LogP contribution in [0.25, 0.3) is 10.9 Å². The van der Waals surface area contributed by atoms with Gasteiger partial charge in [0.05, 0.1) is 22.3 Å². The van der Waals surface area contributed by atoms with Crippen LogP contribution in [0.2, 0.25) is 5.02 Å². The minimum absolute atomic E-state index is 0.0516. The minimum Gasteiger partial charge on any atom is -0.486 e. The number of likely N-dealkylation sites (tertiary alicyclic amines) is 1. The Morgan fingerprint density at radius 2 is 2.00 bits per heavy atom. The van der Waals surface area contributed by atoms with Crippen LogP contribution < -0.4 is 16.2 Å². The second-order valence-electron chi connectivity index (χ2n) is 9.67. The van der Waals surface area contributed by atoms with E-state index in [2.05, 4.69) is 51.7 Å². The molecule has 0 aliphatic carbocycles. The first-order chi connectivity index (χ1) is 17.8. The summed E-state index contributed by atoms with van der Waals surface area (Å²) in [5.74, 6) is 7.95. The highest BCUT2D eigenvalue weighted by Gasteiger charge is 2.39. The number of rotatable bonds is 4. The Morgan fingerprint density at radius 1 is 1.14 bits per heavy atom. The van der Waals surface area contributed by atoms with Crippen molar-refractivity contribution in [2.75, 3.05) is 25.1 Å². The molecule has 1 saturated heterocycles. The molecule has 5 rings (SSSR count). The highest BCUT2D eigenvalue weighted by molar-refractivity contribution is 6.32. The van der Waals surface area contributed by atoms with Crippen LogP contribution in [0.5, 0.6) is 5.75 Å². The second kappa shape index (κ2) is 10.3. The van der Waals surface area contributed by atoms with E-state index in [9.17, 15) is 0 Å². The lowest BCUT2D eigenvalue weighted by Gasteiger charge is -2.44. The lowest BCUT2D eigenvalue weighted by molar-refractivity contribution is 0.0865. The molecule has 0 saturated carbocycles. The van der Waals surface area contributed by atoms with Crippen LogP contribution in [0.4, 0.5) is 11.5 Å². The van der Waals surface area contributed by atoms with Gasteiger partial charge < -0.3 is 16.2 Å². The Hall–Kier alpha value is -3.86. The summed E-state index contributed by atoms with van der Waals surface area (Å²) in [6, 6.07) is 15.5. The van der Waals surface area contributed by atoms with Crippen molar-refractivity contribution in [2.45, 2.75) is 32.4 Å². The van der Waals surface area contributed by atoms with Gasteiger partial charge in [-0.15, -0.1) is 0 Å². The normalized spacial score (nSPS) is 19.8. The number of aromatic nitrogens is 3. The molecule has 2 aromatic carbocycles. The maximum absolute atomic E-state index is 6.68. The van der Waals surface area contributed by atoms with E-state index in [4.69, 9.17) is 27.8 Å². The zero-order valence-corrected chi connectivity index (χ0v) is 21.7. The van der Waals surface area contributed by atoms with Crippen LogP contribution in [0.15, 0.2) is 61.1 Å². The number of fused-ring (bicyclic) bond motifs is 1. The Labute approximate surface area is 221 Å². The molecule has 2 unspecified atom stereocenters.